The van der Waals surface area contributed by atoms with Crippen LogP contribution in [0.2, 0.25) is 15.1 Å². The third-order valence-electron chi connectivity index (χ3n) is 11.1. The zero-order valence-electron chi connectivity index (χ0n) is 45.7. The molecule has 0 aliphatic carbocycles. The minimum Gasteiger partial charge on any atom is -0.476 e. The first kappa shape index (κ1) is 71.9. The highest BCUT2D eigenvalue weighted by atomic mass is 35.5. The van der Waals surface area contributed by atoms with Crippen LogP contribution in [-0.4, -0.2) is 95.1 Å². The second-order valence-electron chi connectivity index (χ2n) is 17.2. The Bertz CT molecular complexity index is 4100. The van der Waals surface area contributed by atoms with E-state index in [-0.39, 0.29) is 102 Å². The third kappa shape index (κ3) is 21.1. The van der Waals surface area contributed by atoms with Crippen molar-refractivity contribution >= 4 is 118 Å². The number of nitrogens with zero attached hydrogens (tertiary/aromatic N) is 8. The number of ketones is 1. The maximum Gasteiger partial charge on any atom is 0.358 e. The highest BCUT2D eigenvalue weighted by Gasteiger charge is 2.21. The molecule has 0 fully saturated rings. The van der Waals surface area contributed by atoms with E-state index in [0.29, 0.717) is 35.7 Å². The number of nitrogens with one attached hydrogen (secondary N) is 3. The minimum atomic E-state index is -3.93. The van der Waals surface area contributed by atoms with E-state index in [0.717, 1.165) is 80.6 Å². The fourth-order valence-corrected chi connectivity index (χ4v) is 11.8. The van der Waals surface area contributed by atoms with Crippen molar-refractivity contribution in [1.82, 2.24) is 54.0 Å². The van der Waals surface area contributed by atoms with Gasteiger partial charge in [-0.1, -0.05) is 34.8 Å². The number of carboxylic acid groups (broad SMARTS) is 1. The van der Waals surface area contributed by atoms with Crippen LogP contribution < -0.4 is 19.9 Å². The maximum atomic E-state index is 13.3. The molecule has 0 saturated heterocycles. The Morgan fingerprint density at radius 3 is 1.22 bits per heavy atom. The summed E-state index contributed by atoms with van der Waals surface area (Å²) in [7, 11) is -10.5. The van der Waals surface area contributed by atoms with Gasteiger partial charge >= 0.3 is 11.9 Å². The lowest BCUT2D eigenvalue weighted by molar-refractivity contribution is 0.0592. The molecule has 5 heterocycles. The summed E-state index contributed by atoms with van der Waals surface area (Å²) in [6.07, 6.45) is 8.00. The standard InChI is InChI=1S/C19H18ClFN4O3S2.C14H13ClFN3O4S.C13H11ClFN3O4S.C5H8N2S.ClH/c1-11-17(10-24-30(27,28)14-4-5-16(21)15(20)7-14)23-9-18(25-11)19(26)6-3-13-8-22-12(2)29-13;1-8-12(17-6-13(19-8)14(20)23-2)7-18-24(21,22)9-3-4-11(16)10(15)5-9;1-7-11(16-5-12(18-7)13(19)20)6-17-23(21,22)8-2-3-10(15)9(14)4-8;1-4-7-3-5(2-6)8-4;/h4-5,7-9,24H,3,6,10H2,1-2H3;3-6,18H,7H2,1-2H3;2-5,17H,6H2,1H3,(H,19,20);3H,2,6H2,1H3;1H. The molecule has 0 radical (unpaired) electrons. The number of aromatic carboxylic acids is 1. The van der Waals surface area contributed by atoms with Crippen LogP contribution in [0, 0.1) is 52.1 Å². The molecule has 5 aromatic heterocycles. The third-order valence-corrected chi connectivity index (χ3v) is 18.0. The largest absolute Gasteiger partial charge is 0.476 e. The number of sulfonamides is 3. The first-order valence-electron chi connectivity index (χ1n) is 24.1. The smallest absolute Gasteiger partial charge is 0.358 e. The molecule has 0 spiro atoms. The van der Waals surface area contributed by atoms with Crippen LogP contribution in [0.1, 0.15) is 91.8 Å². The highest BCUT2D eigenvalue weighted by molar-refractivity contribution is 7.90. The average Bonchev–Trinajstić information content (AvgIpc) is 2.30. The number of nitrogens with two attached hydrogens (primary N) is 1. The van der Waals surface area contributed by atoms with Crippen molar-refractivity contribution in [3.8, 4) is 0 Å². The van der Waals surface area contributed by atoms with Crippen LogP contribution in [0.5, 0.6) is 0 Å². The molecule has 35 heteroatoms. The molecule has 0 amide bonds. The summed E-state index contributed by atoms with van der Waals surface area (Å²) < 4.78 is 124. The summed E-state index contributed by atoms with van der Waals surface area (Å²) in [6, 6.07) is 9.23. The molecule has 0 unspecified atom stereocenters. The summed E-state index contributed by atoms with van der Waals surface area (Å²) in [5, 5.41) is 9.94. The van der Waals surface area contributed by atoms with Gasteiger partial charge in [-0.25, -0.2) is 87.1 Å². The second kappa shape index (κ2) is 32.4. The molecule has 0 atom stereocenters. The van der Waals surface area contributed by atoms with Gasteiger partial charge in [-0.05, 0) is 95.6 Å². The first-order chi connectivity index (χ1) is 39.9. The van der Waals surface area contributed by atoms with E-state index in [2.05, 4.69) is 58.8 Å². The number of halogens is 7. The molecular weight excluding hydrogens is 1320 g/mol. The number of benzene rings is 3. The molecule has 3 aromatic carbocycles. The second-order valence-corrected chi connectivity index (χ2v) is 26.3. The van der Waals surface area contributed by atoms with E-state index >= 15 is 0 Å². The molecular formula is C51H51Cl4F3N12O11S5. The normalized spacial score (nSPS) is 11.2. The molecule has 460 valence electrons. The summed E-state index contributed by atoms with van der Waals surface area (Å²) >= 11 is 20.0. The van der Waals surface area contributed by atoms with Gasteiger partial charge in [0.25, 0.3) is 0 Å². The lowest BCUT2D eigenvalue weighted by Gasteiger charge is -2.09. The van der Waals surface area contributed by atoms with Crippen LogP contribution in [0.4, 0.5) is 13.2 Å². The summed E-state index contributed by atoms with van der Waals surface area (Å²) in [5.74, 6) is -4.16. The van der Waals surface area contributed by atoms with Crippen LogP contribution in [0.15, 0.2) is 100 Å². The van der Waals surface area contributed by atoms with Crippen molar-refractivity contribution in [3.05, 3.63) is 189 Å². The number of carbonyl (C=O) groups excluding carboxylic acids is 2. The molecule has 6 N–H and O–H groups in total. The van der Waals surface area contributed by atoms with Gasteiger partial charge in [0.05, 0.1) is 119 Å². The van der Waals surface area contributed by atoms with Crippen molar-refractivity contribution in [2.24, 2.45) is 5.73 Å². The van der Waals surface area contributed by atoms with Crippen LogP contribution >= 0.6 is 69.9 Å². The van der Waals surface area contributed by atoms with Gasteiger partial charge in [0.15, 0.2) is 17.2 Å². The number of hydrogen-bond acceptors (Lipinski definition) is 21. The topological polar surface area (TPSA) is 348 Å². The SMILES string of the molecule is COC(=O)c1cnc(CNS(=O)(=O)c2ccc(F)c(Cl)c2)c(C)n1.Cc1nc(C(=O)O)cnc1CNS(=O)(=O)c1ccc(F)c(Cl)c1.Cc1ncc(CCC(=O)c2cnc(CNS(=O)(=O)c3ccc(F)c(Cl)c3)c(C)n2)s1.Cc1ncc(CN)s1.Cl. The first-order valence-corrected chi connectivity index (χ1v) is 31.3. The molecule has 0 aliphatic heterocycles. The zero-order chi connectivity index (χ0) is 63.0. The Labute approximate surface area is 521 Å². The highest BCUT2D eigenvalue weighted by Crippen LogP contribution is 2.23. The lowest BCUT2D eigenvalue weighted by atomic mass is 10.1. The molecule has 8 rings (SSSR count). The van der Waals surface area contributed by atoms with Gasteiger partial charge in [-0.15, -0.1) is 35.1 Å². The molecule has 0 aliphatic rings. The molecule has 23 nitrogen and oxygen atoms in total. The number of Topliss-reactive ketones (excluding diaryl/α,β-unsaturated/α-hetero) is 1. The van der Waals surface area contributed by atoms with Gasteiger partial charge in [0.1, 0.15) is 23.1 Å². The van der Waals surface area contributed by atoms with E-state index in [9.17, 15) is 52.8 Å². The summed E-state index contributed by atoms with van der Waals surface area (Å²) in [4.78, 5) is 68.5. The number of rotatable bonds is 19. The Morgan fingerprint density at radius 1 is 0.558 bits per heavy atom. The van der Waals surface area contributed by atoms with Gasteiger partial charge < -0.3 is 15.6 Å². The van der Waals surface area contributed by atoms with Crippen molar-refractivity contribution in [2.45, 2.75) is 88.3 Å². The molecule has 86 heavy (non-hydrogen) atoms. The van der Waals surface area contributed by atoms with Crippen LogP contribution in [0.25, 0.3) is 0 Å². The van der Waals surface area contributed by atoms with Gasteiger partial charge in [-0.2, -0.15) is 0 Å². The number of thiazole rings is 2. The fraction of sp³-hybridized carbons (Fsp3) is 0.235. The minimum absolute atomic E-state index is 0. The zero-order valence-corrected chi connectivity index (χ0v) is 52.9. The van der Waals surface area contributed by atoms with Crippen molar-refractivity contribution in [2.75, 3.05) is 7.11 Å². The van der Waals surface area contributed by atoms with E-state index < -0.39 is 59.5 Å². The molecule has 0 saturated carbocycles. The van der Waals surface area contributed by atoms with Gasteiger partial charge in [-0.3, -0.25) is 19.7 Å². The summed E-state index contributed by atoms with van der Waals surface area (Å²) in [6.45, 7) is 8.75. The van der Waals surface area contributed by atoms with Gasteiger partial charge in [0.2, 0.25) is 30.1 Å². The predicted molar refractivity (Wildman–Crippen MR) is 316 cm³/mol. The average molecular weight is 1370 g/mol. The number of hydrogen-bond donors (Lipinski definition) is 5. The number of esters is 1. The number of aryl methyl sites for hydroxylation is 6. The molecule has 8 aromatic rings. The van der Waals surface area contributed by atoms with Crippen molar-refractivity contribution < 1.29 is 62.7 Å². The number of ether oxygens (including phenoxy) is 1. The number of methoxy groups -OCH3 is 1. The van der Waals surface area contributed by atoms with Crippen molar-refractivity contribution in [1.29, 1.82) is 0 Å². The number of aromatic nitrogens is 8. The van der Waals surface area contributed by atoms with E-state index in [1.54, 1.807) is 42.7 Å². The van der Waals surface area contributed by atoms with Gasteiger partial charge in [0, 0.05) is 35.1 Å². The number of carbonyl (C=O) groups is 3. The fourth-order valence-electron chi connectivity index (χ4n) is 6.54. The number of carboxylic acids is 1. The Balaban J connectivity index is 0.000000260. The van der Waals surface area contributed by atoms with E-state index in [1.165, 1.54) is 26.4 Å². The quantitative estimate of drug-likeness (QED) is 0.0374. The van der Waals surface area contributed by atoms with E-state index in [1.807, 2.05) is 20.0 Å². The Hall–Kier alpha value is -6.59. The molecule has 0 bridgehead atoms. The lowest BCUT2D eigenvalue weighted by Crippen LogP contribution is -2.24. The Kier molecular flexibility index (Phi) is 27.1. The predicted octanol–water partition coefficient (Wildman–Crippen LogP) is 8.57. The van der Waals surface area contributed by atoms with E-state index in [4.69, 9.17) is 45.6 Å². The monoisotopic (exact) mass is 1360 g/mol. The van der Waals surface area contributed by atoms with Crippen LogP contribution in [-0.2, 0) is 67.4 Å². The van der Waals surface area contributed by atoms with Crippen molar-refractivity contribution in [3.63, 3.8) is 0 Å². The maximum absolute atomic E-state index is 13.3. The Morgan fingerprint density at radius 2 is 0.907 bits per heavy atom. The summed E-state index contributed by atoms with van der Waals surface area (Å²) in [5.41, 5.74) is 7.42. The van der Waals surface area contributed by atoms with Crippen LogP contribution in [0.3, 0.4) is 0 Å².